The summed E-state index contributed by atoms with van der Waals surface area (Å²) in [6.45, 7) is 5.54. The van der Waals surface area contributed by atoms with Gasteiger partial charge in [-0.2, -0.15) is 0 Å². The van der Waals surface area contributed by atoms with Crippen LogP contribution in [0.3, 0.4) is 0 Å². The first-order valence-corrected chi connectivity index (χ1v) is 7.19. The molecule has 0 radical (unpaired) electrons. The van der Waals surface area contributed by atoms with E-state index in [1.165, 1.54) is 0 Å². The van der Waals surface area contributed by atoms with Crippen LogP contribution >= 0.6 is 0 Å². The molecule has 118 valence electrons. The zero-order valence-corrected chi connectivity index (χ0v) is 13.2. The van der Waals surface area contributed by atoms with Gasteiger partial charge in [-0.15, -0.1) is 0 Å². The molecule has 2 atom stereocenters. The van der Waals surface area contributed by atoms with Crippen molar-refractivity contribution in [2.24, 2.45) is 5.92 Å². The predicted octanol–water partition coefficient (Wildman–Crippen LogP) is 1.68. The van der Waals surface area contributed by atoms with Gasteiger partial charge in [-0.1, -0.05) is 17.7 Å². The Kier molecular flexibility index (Phi) is 4.20. The minimum atomic E-state index is -2.37. The van der Waals surface area contributed by atoms with Gasteiger partial charge >= 0.3 is 5.97 Å². The third-order valence-corrected chi connectivity index (χ3v) is 4.33. The topological polar surface area (TPSA) is 80.7 Å². The molecule has 22 heavy (non-hydrogen) atoms. The summed E-state index contributed by atoms with van der Waals surface area (Å²) in [5.41, 5.74) is 0.670. The van der Waals surface area contributed by atoms with E-state index in [-0.39, 0.29) is 18.6 Å². The maximum absolute atomic E-state index is 12.9. The second kappa shape index (κ2) is 5.65. The number of benzene rings is 1. The second-order valence-electron chi connectivity index (χ2n) is 5.91. The van der Waals surface area contributed by atoms with Crippen LogP contribution in [-0.4, -0.2) is 35.4 Å². The third-order valence-electron chi connectivity index (χ3n) is 4.33. The van der Waals surface area contributed by atoms with Crippen LogP contribution in [0.15, 0.2) is 12.1 Å². The molecule has 1 fully saturated rings. The molecule has 0 heterocycles. The fraction of sp³-hybridized carbons (Fsp3) is 0.471. The zero-order chi connectivity index (χ0) is 16.7. The van der Waals surface area contributed by atoms with E-state index in [2.05, 4.69) is 4.74 Å². The van der Waals surface area contributed by atoms with Gasteiger partial charge in [-0.25, -0.2) is 4.79 Å². The molecular weight excluding hydrogens is 284 g/mol. The average molecular weight is 304 g/mol. The number of rotatable bonds is 3. The second-order valence-corrected chi connectivity index (χ2v) is 5.91. The summed E-state index contributed by atoms with van der Waals surface area (Å²) in [6, 6.07) is 3.74. The number of Topliss-reactive ketones (excluding diaryl/α,β-unsaturated/α-hetero) is 2. The van der Waals surface area contributed by atoms with E-state index < -0.39 is 23.3 Å². The van der Waals surface area contributed by atoms with Gasteiger partial charge < -0.3 is 9.84 Å². The summed E-state index contributed by atoms with van der Waals surface area (Å²) < 4.78 is 4.54. The molecule has 0 aromatic heterocycles. The van der Waals surface area contributed by atoms with Crippen molar-refractivity contribution in [3.63, 3.8) is 0 Å². The Labute approximate surface area is 129 Å². The maximum atomic E-state index is 12.9. The van der Waals surface area contributed by atoms with Crippen LogP contribution in [0.25, 0.3) is 0 Å². The molecule has 5 heteroatoms. The van der Waals surface area contributed by atoms with Crippen LogP contribution in [0.5, 0.6) is 0 Å². The normalized spacial score (nSPS) is 24.4. The molecule has 0 amide bonds. The van der Waals surface area contributed by atoms with Gasteiger partial charge in [-0.05, 0) is 38.3 Å². The minimum absolute atomic E-state index is 0.00797. The SMILES string of the molecule is COC(=O)[C@]1(O)C(=O)CC[C@@H]1C(=O)c1c(C)cc(C)cc1C. The number of aryl methyl sites for hydroxylation is 3. The van der Waals surface area contributed by atoms with Crippen molar-refractivity contribution < 1.29 is 24.2 Å². The number of carbonyl (C=O) groups is 3. The van der Waals surface area contributed by atoms with E-state index in [0.717, 1.165) is 23.8 Å². The molecule has 0 unspecified atom stereocenters. The quantitative estimate of drug-likeness (QED) is 0.522. The average Bonchev–Trinajstić information content (AvgIpc) is 2.74. The lowest BCUT2D eigenvalue weighted by atomic mass is 9.81. The number of ketones is 2. The molecule has 2 rings (SSSR count). The Morgan fingerprint density at radius 3 is 2.27 bits per heavy atom. The van der Waals surface area contributed by atoms with Crippen molar-refractivity contribution in [3.05, 3.63) is 34.4 Å². The number of aliphatic hydroxyl groups is 1. The van der Waals surface area contributed by atoms with Crippen molar-refractivity contribution in [3.8, 4) is 0 Å². The van der Waals surface area contributed by atoms with Crippen molar-refractivity contribution in [2.45, 2.75) is 39.2 Å². The molecule has 1 aromatic rings. The molecule has 0 saturated heterocycles. The summed E-state index contributed by atoms with van der Waals surface area (Å²) in [5, 5.41) is 10.5. The Morgan fingerprint density at radius 1 is 1.23 bits per heavy atom. The Hall–Kier alpha value is -2.01. The van der Waals surface area contributed by atoms with Crippen LogP contribution < -0.4 is 0 Å². The van der Waals surface area contributed by atoms with E-state index >= 15 is 0 Å². The smallest absolute Gasteiger partial charge is 0.346 e. The third kappa shape index (κ3) is 2.35. The highest BCUT2D eigenvalue weighted by molar-refractivity contribution is 6.16. The van der Waals surface area contributed by atoms with Crippen LogP contribution in [0.1, 0.15) is 39.9 Å². The van der Waals surface area contributed by atoms with E-state index in [9.17, 15) is 19.5 Å². The highest BCUT2D eigenvalue weighted by Crippen LogP contribution is 2.37. The number of carbonyl (C=O) groups excluding carboxylic acids is 3. The summed E-state index contributed by atoms with van der Waals surface area (Å²) in [6.07, 6.45) is 0.141. The van der Waals surface area contributed by atoms with Crippen LogP contribution in [0.4, 0.5) is 0 Å². The molecule has 1 N–H and O–H groups in total. The van der Waals surface area contributed by atoms with Gasteiger partial charge in [0.15, 0.2) is 11.6 Å². The van der Waals surface area contributed by atoms with Gasteiger partial charge in [0.1, 0.15) is 0 Å². The Bertz CT molecular complexity index is 638. The Balaban J connectivity index is 2.50. The summed E-state index contributed by atoms with van der Waals surface area (Å²) in [7, 11) is 1.09. The van der Waals surface area contributed by atoms with Gasteiger partial charge in [-0.3, -0.25) is 9.59 Å². The van der Waals surface area contributed by atoms with Crippen molar-refractivity contribution in [1.82, 2.24) is 0 Å². The highest BCUT2D eigenvalue weighted by Gasteiger charge is 2.58. The summed E-state index contributed by atoms with van der Waals surface area (Å²) in [4.78, 5) is 36.7. The van der Waals surface area contributed by atoms with Gasteiger partial charge in [0.2, 0.25) is 5.60 Å². The van der Waals surface area contributed by atoms with Crippen molar-refractivity contribution in [2.75, 3.05) is 7.11 Å². The first-order chi connectivity index (χ1) is 10.2. The van der Waals surface area contributed by atoms with E-state index in [4.69, 9.17) is 0 Å². The number of ether oxygens (including phenoxy) is 1. The monoisotopic (exact) mass is 304 g/mol. The van der Waals surface area contributed by atoms with Crippen LogP contribution in [0, 0.1) is 26.7 Å². The molecule has 1 aliphatic rings. The minimum Gasteiger partial charge on any atom is -0.467 e. The molecule has 0 spiro atoms. The lowest BCUT2D eigenvalue weighted by molar-refractivity contribution is -0.168. The fourth-order valence-electron chi connectivity index (χ4n) is 3.34. The summed E-state index contributed by atoms with van der Waals surface area (Å²) >= 11 is 0. The van der Waals surface area contributed by atoms with E-state index in [1.54, 1.807) is 13.8 Å². The maximum Gasteiger partial charge on any atom is 0.346 e. The van der Waals surface area contributed by atoms with Gasteiger partial charge in [0.25, 0.3) is 0 Å². The molecule has 0 bridgehead atoms. The van der Waals surface area contributed by atoms with Crippen LogP contribution in [0.2, 0.25) is 0 Å². The lowest BCUT2D eigenvalue weighted by Crippen LogP contribution is -2.51. The molecule has 1 aliphatic carbocycles. The van der Waals surface area contributed by atoms with E-state index in [1.807, 2.05) is 19.1 Å². The van der Waals surface area contributed by atoms with Gasteiger partial charge in [0, 0.05) is 12.0 Å². The predicted molar refractivity (Wildman–Crippen MR) is 79.7 cm³/mol. The number of methoxy groups -OCH3 is 1. The highest BCUT2D eigenvalue weighted by atomic mass is 16.5. The molecule has 1 saturated carbocycles. The fourth-order valence-corrected chi connectivity index (χ4v) is 3.34. The van der Waals surface area contributed by atoms with Gasteiger partial charge in [0.05, 0.1) is 13.0 Å². The van der Waals surface area contributed by atoms with Crippen molar-refractivity contribution >= 4 is 17.5 Å². The standard InChI is InChI=1S/C17H20O5/c1-9-7-10(2)14(11(3)8-9)15(19)12-5-6-13(18)17(12,21)16(20)22-4/h7-8,12,21H,5-6H2,1-4H3/t12-,17-/m1/s1. The molecular formula is C17H20O5. The first kappa shape index (κ1) is 16.4. The Morgan fingerprint density at radius 2 is 1.77 bits per heavy atom. The number of hydrogen-bond acceptors (Lipinski definition) is 5. The number of esters is 1. The molecule has 1 aromatic carbocycles. The van der Waals surface area contributed by atoms with Crippen LogP contribution in [-0.2, 0) is 14.3 Å². The van der Waals surface area contributed by atoms with E-state index in [0.29, 0.717) is 5.56 Å². The van der Waals surface area contributed by atoms with Crippen molar-refractivity contribution in [1.29, 1.82) is 0 Å². The number of hydrogen-bond donors (Lipinski definition) is 1. The summed E-state index contributed by atoms with van der Waals surface area (Å²) in [5.74, 6) is -3.18. The molecule has 5 nitrogen and oxygen atoms in total. The first-order valence-electron chi connectivity index (χ1n) is 7.19. The largest absolute Gasteiger partial charge is 0.467 e. The zero-order valence-electron chi connectivity index (χ0n) is 13.2. The molecule has 0 aliphatic heterocycles. The lowest BCUT2D eigenvalue weighted by Gasteiger charge is -2.25.